The first-order valence-corrected chi connectivity index (χ1v) is 15.7. The van der Waals surface area contributed by atoms with Crippen LogP contribution in [0, 0.1) is 0 Å². The molecule has 0 atom stereocenters. The first-order valence-electron chi connectivity index (χ1n) is 13.2. The summed E-state index contributed by atoms with van der Waals surface area (Å²) in [5.74, 6) is 1.56. The van der Waals surface area contributed by atoms with Crippen molar-refractivity contribution in [1.29, 1.82) is 0 Å². The zero-order chi connectivity index (χ0) is 30.9. The molecule has 12 nitrogen and oxygen atoms in total. The highest BCUT2D eigenvalue weighted by molar-refractivity contribution is 7.99. The number of thioether (sulfide) groups is 1. The van der Waals surface area contributed by atoms with E-state index in [4.69, 9.17) is 14.5 Å². The van der Waals surface area contributed by atoms with E-state index >= 15 is 0 Å². The van der Waals surface area contributed by atoms with E-state index in [1.54, 1.807) is 20.3 Å². The van der Waals surface area contributed by atoms with Gasteiger partial charge in [-0.05, 0) is 78.9 Å². The van der Waals surface area contributed by atoms with Gasteiger partial charge in [-0.25, -0.2) is 28.1 Å². The van der Waals surface area contributed by atoms with Gasteiger partial charge in [-0.3, -0.25) is 4.79 Å². The zero-order valence-corrected chi connectivity index (χ0v) is 25.3. The maximum Gasteiger partial charge on any atom is 0.264 e. The summed E-state index contributed by atoms with van der Waals surface area (Å²) >= 11 is 1.30. The molecule has 14 heteroatoms. The quantitative estimate of drug-likeness (QED) is 0.180. The van der Waals surface area contributed by atoms with Gasteiger partial charge < -0.3 is 14.8 Å². The lowest BCUT2D eigenvalue weighted by atomic mass is 10.0. The largest absolute Gasteiger partial charge is 0.497 e. The molecule has 44 heavy (non-hydrogen) atoms. The first-order chi connectivity index (χ1) is 21.3. The van der Waals surface area contributed by atoms with Crippen molar-refractivity contribution >= 4 is 39.3 Å². The minimum absolute atomic E-state index is 0.00825. The van der Waals surface area contributed by atoms with Crippen LogP contribution in [0.2, 0.25) is 0 Å². The van der Waals surface area contributed by atoms with E-state index in [-0.39, 0.29) is 23.2 Å². The van der Waals surface area contributed by atoms with Crippen LogP contribution in [-0.2, 0) is 14.8 Å². The van der Waals surface area contributed by atoms with E-state index < -0.39 is 10.0 Å². The molecular weight excluding hydrogens is 603 g/mol. The van der Waals surface area contributed by atoms with Crippen molar-refractivity contribution in [1.82, 2.24) is 25.1 Å². The van der Waals surface area contributed by atoms with E-state index in [2.05, 4.69) is 30.2 Å². The summed E-state index contributed by atoms with van der Waals surface area (Å²) in [5, 5.41) is 12.0. The van der Waals surface area contributed by atoms with Crippen molar-refractivity contribution in [2.24, 2.45) is 0 Å². The molecule has 2 heterocycles. The zero-order valence-electron chi connectivity index (χ0n) is 23.7. The van der Waals surface area contributed by atoms with E-state index in [1.807, 2.05) is 48.5 Å². The summed E-state index contributed by atoms with van der Waals surface area (Å²) in [4.78, 5) is 25.1. The molecule has 5 aromatic rings. The van der Waals surface area contributed by atoms with Gasteiger partial charge in [-0.1, -0.05) is 11.8 Å². The number of methoxy groups -OCH3 is 2. The highest BCUT2D eigenvalue weighted by Gasteiger charge is 2.17. The predicted octanol–water partition coefficient (Wildman–Crippen LogP) is 4.93. The second-order valence-corrected chi connectivity index (χ2v) is 11.8. The molecule has 0 aliphatic rings. The third-order valence-electron chi connectivity index (χ3n) is 6.19. The molecule has 0 bridgehead atoms. The van der Waals surface area contributed by atoms with Crippen LogP contribution >= 0.6 is 11.8 Å². The van der Waals surface area contributed by atoms with E-state index in [9.17, 15) is 13.2 Å². The average molecular weight is 630 g/mol. The van der Waals surface area contributed by atoms with Crippen LogP contribution in [0.4, 0.5) is 11.6 Å². The maximum absolute atomic E-state index is 12.6. The molecule has 0 aliphatic heterocycles. The summed E-state index contributed by atoms with van der Waals surface area (Å²) in [6.45, 7) is 0. The number of anilines is 2. The molecule has 0 spiro atoms. The molecule has 3 aromatic carbocycles. The number of rotatable bonds is 12. The average Bonchev–Trinajstić information content (AvgIpc) is 3.05. The van der Waals surface area contributed by atoms with Gasteiger partial charge in [0.25, 0.3) is 10.0 Å². The van der Waals surface area contributed by atoms with Crippen molar-refractivity contribution in [3.05, 3.63) is 91.3 Å². The van der Waals surface area contributed by atoms with Gasteiger partial charge >= 0.3 is 0 Å². The molecule has 0 saturated heterocycles. The topological polar surface area (TPSA) is 158 Å². The molecule has 0 fully saturated rings. The summed E-state index contributed by atoms with van der Waals surface area (Å²) in [5.41, 5.74) is 3.37. The highest BCUT2D eigenvalue weighted by atomic mass is 32.2. The molecule has 0 saturated carbocycles. The number of hydrogen-bond donors (Lipinski definition) is 2. The van der Waals surface area contributed by atoms with Crippen LogP contribution in [-0.4, -0.2) is 59.4 Å². The number of carbonyl (C=O) groups excluding carboxylic acids is 1. The lowest BCUT2D eigenvalue weighted by molar-refractivity contribution is -0.115. The van der Waals surface area contributed by atoms with Crippen LogP contribution in [0.25, 0.3) is 22.5 Å². The van der Waals surface area contributed by atoms with E-state index in [1.165, 1.54) is 48.4 Å². The van der Waals surface area contributed by atoms with Gasteiger partial charge in [0, 0.05) is 41.4 Å². The van der Waals surface area contributed by atoms with Gasteiger partial charge in [-0.15, -0.1) is 10.2 Å². The Morgan fingerprint density at radius 1 is 0.795 bits per heavy atom. The van der Waals surface area contributed by atoms with Crippen molar-refractivity contribution in [2.45, 2.75) is 16.5 Å². The fourth-order valence-corrected chi connectivity index (χ4v) is 5.65. The Morgan fingerprint density at radius 3 is 1.98 bits per heavy atom. The molecule has 1 amide bonds. The van der Waals surface area contributed by atoms with Gasteiger partial charge in [0.05, 0.1) is 19.1 Å². The third-order valence-corrected chi connectivity index (χ3v) is 8.38. The Hall–Kier alpha value is -5.08. The van der Waals surface area contributed by atoms with Crippen molar-refractivity contribution in [3.63, 3.8) is 0 Å². The van der Waals surface area contributed by atoms with Crippen LogP contribution in [0.5, 0.6) is 11.5 Å². The number of hydrogen-bond acceptors (Lipinski definition) is 11. The first kappa shape index (κ1) is 30.4. The number of nitrogens with one attached hydrogen (secondary N) is 2. The maximum atomic E-state index is 12.6. The Morgan fingerprint density at radius 2 is 1.39 bits per heavy atom. The second kappa shape index (κ2) is 13.9. The molecule has 2 aromatic heterocycles. The molecule has 2 N–H and O–H groups in total. The summed E-state index contributed by atoms with van der Waals surface area (Å²) in [6.07, 6.45) is 3.03. The van der Waals surface area contributed by atoms with Crippen LogP contribution in [0.3, 0.4) is 0 Å². The summed E-state index contributed by atoms with van der Waals surface area (Å²) in [7, 11) is -0.664. The lowest BCUT2D eigenvalue weighted by Gasteiger charge is -2.11. The third kappa shape index (κ3) is 7.65. The van der Waals surface area contributed by atoms with Crippen LogP contribution in [0.15, 0.2) is 101 Å². The molecule has 0 radical (unpaired) electrons. The Kier molecular flexibility index (Phi) is 9.62. The number of sulfonamides is 1. The monoisotopic (exact) mass is 629 g/mol. The van der Waals surface area contributed by atoms with E-state index in [0.717, 1.165) is 22.6 Å². The molecule has 5 rings (SSSR count). The number of benzene rings is 3. The number of ether oxygens (including phenoxy) is 2. The van der Waals surface area contributed by atoms with Gasteiger partial charge in [0.1, 0.15) is 22.9 Å². The van der Waals surface area contributed by atoms with Gasteiger partial charge in [0.2, 0.25) is 17.0 Å². The molecule has 224 valence electrons. The Labute approximate surface area is 258 Å². The van der Waals surface area contributed by atoms with Gasteiger partial charge in [-0.2, -0.15) is 0 Å². The van der Waals surface area contributed by atoms with Crippen LogP contribution < -0.4 is 19.5 Å². The van der Waals surface area contributed by atoms with Crippen molar-refractivity contribution in [2.75, 3.05) is 30.0 Å². The lowest BCUT2D eigenvalue weighted by Crippen LogP contribution is -2.15. The summed E-state index contributed by atoms with van der Waals surface area (Å²) in [6, 6.07) is 22.4. The smallest absolute Gasteiger partial charge is 0.264 e. The minimum atomic E-state index is -3.88. The molecule has 0 aliphatic carbocycles. The van der Waals surface area contributed by atoms with Gasteiger partial charge in [0.15, 0.2) is 0 Å². The predicted molar refractivity (Wildman–Crippen MR) is 167 cm³/mol. The number of aromatic nitrogens is 5. The number of nitrogens with zero attached hydrogens (tertiary/aromatic N) is 5. The fourth-order valence-electron chi connectivity index (χ4n) is 3.97. The Bertz CT molecular complexity index is 1820. The normalized spacial score (nSPS) is 11.0. The van der Waals surface area contributed by atoms with Crippen molar-refractivity contribution in [3.8, 4) is 34.0 Å². The SMILES string of the molecule is COc1ccc(-c2nnc(SCCC(=O)Nc3ccc(S(=O)(=O)Nc4ncccn4)cc3)nc2-c2ccc(OC)cc2)cc1. The fraction of sp³-hybridized carbons (Fsp3) is 0.133. The summed E-state index contributed by atoms with van der Waals surface area (Å²) < 4.78 is 38.0. The van der Waals surface area contributed by atoms with Crippen molar-refractivity contribution < 1.29 is 22.7 Å². The van der Waals surface area contributed by atoms with Crippen LogP contribution in [0.1, 0.15) is 6.42 Å². The highest BCUT2D eigenvalue weighted by Crippen LogP contribution is 2.32. The van der Waals surface area contributed by atoms with E-state index in [0.29, 0.717) is 28.0 Å². The number of amides is 1. The molecular formula is C30H27N7O5S2. The second-order valence-electron chi connectivity index (χ2n) is 9.10. The minimum Gasteiger partial charge on any atom is -0.497 e. The molecule has 0 unspecified atom stereocenters. The standard InChI is InChI=1S/C30H27N7O5S2/c1-41-23-10-4-20(5-11-23)27-28(21-6-12-24(42-2)13-7-21)35-36-30(34-27)43-19-16-26(38)33-22-8-14-25(15-9-22)44(39,40)37-29-31-17-3-18-32-29/h3-15,17-18H,16,19H2,1-2H3,(H,33,38)(H,31,32,37). The Balaban J connectivity index is 1.23. The number of carbonyl (C=O) groups is 1.